The van der Waals surface area contributed by atoms with Crippen LogP contribution in [0.1, 0.15) is 25.0 Å². The fourth-order valence-corrected chi connectivity index (χ4v) is 10.1. The van der Waals surface area contributed by atoms with Gasteiger partial charge in [0.15, 0.2) is 0 Å². The molecule has 1 nitrogen and oxygen atoms in total. The summed E-state index contributed by atoms with van der Waals surface area (Å²) < 4.78 is 0. The Bertz CT molecular complexity index is 3480. The molecule has 0 N–H and O–H groups in total. The zero-order valence-corrected chi connectivity index (χ0v) is 31.8. The van der Waals surface area contributed by atoms with Crippen LogP contribution in [0, 0.1) is 0 Å². The van der Waals surface area contributed by atoms with Crippen LogP contribution in [0.5, 0.6) is 0 Å². The van der Waals surface area contributed by atoms with Gasteiger partial charge in [0.1, 0.15) is 0 Å². The van der Waals surface area contributed by atoms with Gasteiger partial charge in [-0.05, 0) is 129 Å². The van der Waals surface area contributed by atoms with E-state index < -0.39 is 0 Å². The van der Waals surface area contributed by atoms with Crippen molar-refractivity contribution in [3.8, 4) is 44.5 Å². The second-order valence-corrected chi connectivity index (χ2v) is 16.3. The first-order valence-electron chi connectivity index (χ1n) is 19.9. The van der Waals surface area contributed by atoms with Crippen LogP contribution >= 0.6 is 0 Å². The number of aromatic nitrogens is 1. The maximum Gasteiger partial charge on any atom is 0.0787 e. The lowest BCUT2D eigenvalue weighted by Gasteiger charge is -2.22. The van der Waals surface area contributed by atoms with E-state index in [0.29, 0.717) is 0 Å². The fraction of sp³-hybridized carbons (Fsp3) is 0.0536. The molecule has 1 aliphatic rings. The minimum absolute atomic E-state index is 0.0995. The Labute approximate surface area is 331 Å². The Hall–Kier alpha value is -7.09. The topological polar surface area (TPSA) is 12.9 Å². The van der Waals surface area contributed by atoms with E-state index in [4.69, 9.17) is 4.98 Å². The number of rotatable bonds is 3. The second-order valence-electron chi connectivity index (χ2n) is 16.3. The third-order valence-electron chi connectivity index (χ3n) is 12.8. The molecule has 0 atom stereocenters. The number of benzene rings is 10. The fourth-order valence-electron chi connectivity index (χ4n) is 10.1. The summed E-state index contributed by atoms with van der Waals surface area (Å²) >= 11 is 0. The first kappa shape index (κ1) is 32.2. The highest BCUT2D eigenvalue weighted by molar-refractivity contribution is 6.33. The van der Waals surface area contributed by atoms with Crippen LogP contribution in [0.25, 0.3) is 109 Å². The molecule has 0 saturated carbocycles. The Balaban J connectivity index is 1.10. The van der Waals surface area contributed by atoms with Crippen molar-refractivity contribution in [1.82, 2.24) is 4.98 Å². The van der Waals surface area contributed by atoms with Crippen molar-refractivity contribution >= 4 is 64.8 Å². The van der Waals surface area contributed by atoms with Crippen LogP contribution in [-0.4, -0.2) is 4.98 Å². The summed E-state index contributed by atoms with van der Waals surface area (Å²) in [4.78, 5) is 5.31. The van der Waals surface area contributed by atoms with Crippen molar-refractivity contribution in [2.45, 2.75) is 19.3 Å². The van der Waals surface area contributed by atoms with Crippen molar-refractivity contribution in [2.24, 2.45) is 0 Å². The molecule has 1 aromatic heterocycles. The standard InChI is InChI=1S/C56H37N/c1-56(2)52-27-25-35(28-49(52)44-26-24-36(31-53(44)56)34-14-4-3-5-15-34)38-30-51-54-45-22-12-10-20-42(45)48(32-50(54)43-21-11-13-23-46(43)55(51)57-33-38)47-29-37-16-6-7-17-39(37)40-18-8-9-19-41(40)47/h3-33H,1-2H3. The van der Waals surface area contributed by atoms with Crippen LogP contribution in [-0.2, 0) is 5.41 Å². The lowest BCUT2D eigenvalue weighted by atomic mass is 9.81. The van der Waals surface area contributed by atoms with E-state index in [9.17, 15) is 0 Å². The number of fused-ring (bicyclic) bond motifs is 14. The van der Waals surface area contributed by atoms with E-state index in [-0.39, 0.29) is 5.41 Å². The molecule has 57 heavy (non-hydrogen) atoms. The third-order valence-corrected chi connectivity index (χ3v) is 12.8. The molecule has 0 spiro atoms. The molecule has 0 bridgehead atoms. The minimum Gasteiger partial charge on any atom is -0.255 e. The van der Waals surface area contributed by atoms with Gasteiger partial charge in [0, 0.05) is 27.9 Å². The summed E-state index contributed by atoms with van der Waals surface area (Å²) in [5, 5.41) is 13.7. The van der Waals surface area contributed by atoms with Crippen molar-refractivity contribution in [3.63, 3.8) is 0 Å². The van der Waals surface area contributed by atoms with E-state index in [2.05, 4.69) is 202 Å². The smallest absolute Gasteiger partial charge is 0.0787 e. The van der Waals surface area contributed by atoms with E-state index in [0.717, 1.165) is 11.1 Å². The maximum atomic E-state index is 5.31. The molecule has 10 aromatic carbocycles. The van der Waals surface area contributed by atoms with Crippen molar-refractivity contribution < 1.29 is 0 Å². The highest BCUT2D eigenvalue weighted by Gasteiger charge is 2.36. The molecule has 0 saturated heterocycles. The average Bonchev–Trinajstić information content (AvgIpc) is 3.50. The van der Waals surface area contributed by atoms with Crippen LogP contribution in [0.2, 0.25) is 0 Å². The molecule has 0 radical (unpaired) electrons. The predicted molar refractivity (Wildman–Crippen MR) is 243 cm³/mol. The van der Waals surface area contributed by atoms with Gasteiger partial charge >= 0.3 is 0 Å². The number of hydrogen-bond donors (Lipinski definition) is 0. The van der Waals surface area contributed by atoms with Gasteiger partial charge in [-0.2, -0.15) is 0 Å². The van der Waals surface area contributed by atoms with Crippen LogP contribution in [0.3, 0.4) is 0 Å². The molecule has 0 unspecified atom stereocenters. The monoisotopic (exact) mass is 723 g/mol. The molecule has 0 aliphatic heterocycles. The summed E-state index contributed by atoms with van der Waals surface area (Å²) in [6, 6.07) is 67.5. The van der Waals surface area contributed by atoms with Crippen molar-refractivity contribution in [1.29, 1.82) is 0 Å². The average molecular weight is 724 g/mol. The molecule has 0 amide bonds. The highest BCUT2D eigenvalue weighted by Crippen LogP contribution is 2.51. The minimum atomic E-state index is -0.0995. The lowest BCUT2D eigenvalue weighted by molar-refractivity contribution is 0.660. The summed E-state index contributed by atoms with van der Waals surface area (Å²) in [5.41, 5.74) is 13.7. The van der Waals surface area contributed by atoms with Gasteiger partial charge in [0.2, 0.25) is 0 Å². The molecule has 11 aromatic rings. The molecule has 0 fully saturated rings. The van der Waals surface area contributed by atoms with Gasteiger partial charge < -0.3 is 0 Å². The van der Waals surface area contributed by atoms with Gasteiger partial charge in [0.25, 0.3) is 0 Å². The summed E-state index contributed by atoms with van der Waals surface area (Å²) in [6.07, 6.45) is 2.08. The summed E-state index contributed by atoms with van der Waals surface area (Å²) in [5.74, 6) is 0. The number of nitrogens with zero attached hydrogens (tertiary/aromatic N) is 1. The van der Waals surface area contributed by atoms with E-state index >= 15 is 0 Å². The molecule has 1 heterocycles. The van der Waals surface area contributed by atoms with Gasteiger partial charge in [-0.15, -0.1) is 0 Å². The van der Waals surface area contributed by atoms with Gasteiger partial charge in [-0.25, -0.2) is 0 Å². The lowest BCUT2D eigenvalue weighted by Crippen LogP contribution is -2.15. The van der Waals surface area contributed by atoms with Gasteiger partial charge in [-0.1, -0.05) is 166 Å². The number of hydrogen-bond acceptors (Lipinski definition) is 1. The van der Waals surface area contributed by atoms with Gasteiger partial charge in [-0.3, -0.25) is 4.98 Å². The molecule has 12 rings (SSSR count). The number of pyridine rings is 1. The van der Waals surface area contributed by atoms with Crippen molar-refractivity contribution in [2.75, 3.05) is 0 Å². The largest absolute Gasteiger partial charge is 0.255 e. The highest BCUT2D eigenvalue weighted by atomic mass is 14.7. The normalized spacial score (nSPS) is 13.2. The predicted octanol–water partition coefficient (Wildman–Crippen LogP) is 15.3. The maximum absolute atomic E-state index is 5.31. The van der Waals surface area contributed by atoms with E-state index in [1.807, 2.05) is 0 Å². The molecular formula is C56H37N. The van der Waals surface area contributed by atoms with E-state index in [1.54, 1.807) is 0 Å². The third kappa shape index (κ3) is 4.66. The second kappa shape index (κ2) is 12.0. The first-order chi connectivity index (χ1) is 28.0. The summed E-state index contributed by atoms with van der Waals surface area (Å²) in [7, 11) is 0. The van der Waals surface area contributed by atoms with Crippen LogP contribution in [0.4, 0.5) is 0 Å². The van der Waals surface area contributed by atoms with Crippen molar-refractivity contribution in [3.05, 3.63) is 199 Å². The SMILES string of the molecule is CC1(C)c2ccc(-c3cnc4c5ccccc5c5cc(-c6cc7ccccc7c7ccccc67)c6ccccc6c5c4c3)cc2-c2ccc(-c3ccccc3)cc21. The quantitative estimate of drug-likeness (QED) is 0.165. The van der Waals surface area contributed by atoms with Gasteiger partial charge in [0.05, 0.1) is 5.52 Å². The zero-order valence-electron chi connectivity index (χ0n) is 31.8. The Morgan fingerprint density at radius 2 is 0.930 bits per heavy atom. The Morgan fingerprint density at radius 3 is 1.72 bits per heavy atom. The molecular weight excluding hydrogens is 687 g/mol. The van der Waals surface area contributed by atoms with E-state index in [1.165, 1.54) is 109 Å². The Morgan fingerprint density at radius 1 is 0.333 bits per heavy atom. The zero-order chi connectivity index (χ0) is 37.8. The molecule has 1 heteroatoms. The van der Waals surface area contributed by atoms with Crippen LogP contribution in [0.15, 0.2) is 188 Å². The summed E-state index contributed by atoms with van der Waals surface area (Å²) in [6.45, 7) is 4.72. The Kier molecular flexibility index (Phi) is 6.75. The first-order valence-corrected chi connectivity index (χ1v) is 19.9. The molecule has 1 aliphatic carbocycles. The molecule has 266 valence electrons. The van der Waals surface area contributed by atoms with Crippen LogP contribution < -0.4 is 0 Å².